The Morgan fingerprint density at radius 1 is 1.00 bits per heavy atom. The molecule has 0 aliphatic carbocycles. The molecule has 2 unspecified atom stereocenters. The first kappa shape index (κ1) is 13.3. The van der Waals surface area contributed by atoms with Crippen LogP contribution in [-0.2, 0) is 0 Å². The lowest BCUT2D eigenvalue weighted by Gasteiger charge is -2.21. The molecule has 0 aromatic rings. The minimum absolute atomic E-state index is 0.609. The minimum atomic E-state index is 0.609. The summed E-state index contributed by atoms with van der Waals surface area (Å²) in [5.74, 6) is 0.784. The van der Waals surface area contributed by atoms with Gasteiger partial charge in [-0.2, -0.15) is 11.8 Å². The number of thioether (sulfide) groups is 1. The lowest BCUT2D eigenvalue weighted by Crippen LogP contribution is -2.30. The average Bonchev–Trinajstić information content (AvgIpc) is 2.00. The highest BCUT2D eigenvalue weighted by Gasteiger charge is 2.12. The molecule has 0 amide bonds. The third-order valence-corrected chi connectivity index (χ3v) is 3.80. The average molecular weight is 203 g/mol. The van der Waals surface area contributed by atoms with Crippen LogP contribution in [0.3, 0.4) is 0 Å². The summed E-state index contributed by atoms with van der Waals surface area (Å²) in [7, 11) is 0. The van der Waals surface area contributed by atoms with E-state index in [0.29, 0.717) is 6.04 Å². The van der Waals surface area contributed by atoms with Gasteiger partial charge in [-0.05, 0) is 5.92 Å². The van der Waals surface area contributed by atoms with E-state index < -0.39 is 0 Å². The Bertz CT molecular complexity index is 123. The number of rotatable bonds is 6. The number of nitrogens with one attached hydrogen (secondary N) is 1. The maximum absolute atomic E-state index is 3.47. The van der Waals surface area contributed by atoms with Crippen molar-refractivity contribution in [2.45, 2.75) is 58.1 Å². The third kappa shape index (κ3) is 7.39. The van der Waals surface area contributed by atoms with Crippen molar-refractivity contribution in [3.63, 3.8) is 0 Å². The molecule has 13 heavy (non-hydrogen) atoms. The molecule has 0 radical (unpaired) electrons. The van der Waals surface area contributed by atoms with Crippen LogP contribution in [0, 0.1) is 5.92 Å². The van der Waals surface area contributed by atoms with Gasteiger partial charge < -0.3 is 5.32 Å². The van der Waals surface area contributed by atoms with E-state index in [1.165, 1.54) is 0 Å². The van der Waals surface area contributed by atoms with Crippen molar-refractivity contribution < 1.29 is 0 Å². The van der Waals surface area contributed by atoms with Gasteiger partial charge in [0.25, 0.3) is 0 Å². The zero-order chi connectivity index (χ0) is 10.4. The maximum atomic E-state index is 3.47. The van der Waals surface area contributed by atoms with Crippen molar-refractivity contribution >= 4 is 11.8 Å². The second kappa shape index (κ2) is 6.72. The second-order valence-electron chi connectivity index (χ2n) is 4.46. The summed E-state index contributed by atoms with van der Waals surface area (Å²) in [6.07, 6.45) is 0. The van der Waals surface area contributed by atoms with Crippen LogP contribution in [0.1, 0.15) is 41.5 Å². The summed E-state index contributed by atoms with van der Waals surface area (Å²) >= 11 is 2.09. The summed E-state index contributed by atoms with van der Waals surface area (Å²) < 4.78 is 0. The van der Waals surface area contributed by atoms with E-state index in [0.717, 1.165) is 23.0 Å². The summed E-state index contributed by atoms with van der Waals surface area (Å²) in [4.78, 5) is 0. The Balaban J connectivity index is 3.55. The maximum Gasteiger partial charge on any atom is 0.0147 e. The van der Waals surface area contributed by atoms with E-state index in [4.69, 9.17) is 0 Å². The van der Waals surface area contributed by atoms with Crippen LogP contribution in [0.25, 0.3) is 0 Å². The van der Waals surface area contributed by atoms with Gasteiger partial charge >= 0.3 is 0 Å². The van der Waals surface area contributed by atoms with E-state index in [1.807, 2.05) is 0 Å². The predicted octanol–water partition coefficient (Wildman–Crippen LogP) is 3.15. The monoisotopic (exact) mass is 203 g/mol. The van der Waals surface area contributed by atoms with E-state index >= 15 is 0 Å². The highest BCUT2D eigenvalue weighted by Crippen LogP contribution is 2.22. The zero-order valence-electron chi connectivity index (χ0n) is 9.92. The third-order valence-electron chi connectivity index (χ3n) is 2.20. The summed E-state index contributed by atoms with van der Waals surface area (Å²) in [6.45, 7) is 14.7. The van der Waals surface area contributed by atoms with Crippen LogP contribution in [0.4, 0.5) is 0 Å². The molecule has 1 N–H and O–H groups in total. The lowest BCUT2D eigenvalue weighted by atomic mass is 10.2. The first-order chi connectivity index (χ1) is 5.93. The molecule has 0 rings (SSSR count). The van der Waals surface area contributed by atoms with Crippen LogP contribution in [-0.4, -0.2) is 23.1 Å². The van der Waals surface area contributed by atoms with Crippen LogP contribution in [0.2, 0.25) is 0 Å². The van der Waals surface area contributed by atoms with E-state index in [1.54, 1.807) is 0 Å². The van der Waals surface area contributed by atoms with Gasteiger partial charge in [-0.1, -0.05) is 41.5 Å². The van der Waals surface area contributed by atoms with Gasteiger partial charge in [0.1, 0.15) is 0 Å². The van der Waals surface area contributed by atoms with Crippen LogP contribution in [0.5, 0.6) is 0 Å². The van der Waals surface area contributed by atoms with Crippen molar-refractivity contribution in [1.82, 2.24) is 5.32 Å². The van der Waals surface area contributed by atoms with E-state index in [2.05, 4.69) is 58.6 Å². The topological polar surface area (TPSA) is 12.0 Å². The van der Waals surface area contributed by atoms with E-state index in [-0.39, 0.29) is 0 Å². The molecule has 0 bridgehead atoms. The van der Waals surface area contributed by atoms with E-state index in [9.17, 15) is 0 Å². The van der Waals surface area contributed by atoms with Crippen molar-refractivity contribution in [2.75, 3.05) is 6.54 Å². The molecular weight excluding hydrogens is 178 g/mol. The van der Waals surface area contributed by atoms with Crippen molar-refractivity contribution in [3.05, 3.63) is 0 Å². The van der Waals surface area contributed by atoms with Gasteiger partial charge in [-0.25, -0.2) is 0 Å². The quantitative estimate of drug-likeness (QED) is 0.712. The van der Waals surface area contributed by atoms with Gasteiger partial charge in [0, 0.05) is 23.1 Å². The highest BCUT2D eigenvalue weighted by atomic mass is 32.2. The summed E-state index contributed by atoms with van der Waals surface area (Å²) in [5.41, 5.74) is 0. The van der Waals surface area contributed by atoms with Gasteiger partial charge in [0.05, 0.1) is 0 Å². The molecule has 0 saturated carbocycles. The highest BCUT2D eigenvalue weighted by molar-refractivity contribution is 8.00. The molecule has 0 aromatic carbocycles. The molecule has 2 heteroatoms. The fourth-order valence-corrected chi connectivity index (χ4v) is 2.21. The molecule has 2 atom stereocenters. The lowest BCUT2D eigenvalue weighted by molar-refractivity contribution is 0.584. The summed E-state index contributed by atoms with van der Waals surface area (Å²) in [6, 6.07) is 0.609. The van der Waals surface area contributed by atoms with Crippen molar-refractivity contribution in [2.24, 2.45) is 5.92 Å². The first-order valence-electron chi connectivity index (χ1n) is 5.32. The fourth-order valence-electron chi connectivity index (χ4n) is 0.973. The molecule has 0 aliphatic heterocycles. The molecule has 0 aliphatic rings. The molecule has 0 heterocycles. The SMILES string of the molecule is CC(C)NCC(C)SC(C)C(C)C. The standard InChI is InChI=1S/C11H25NS/c1-8(2)11(6)13-10(5)7-12-9(3)4/h8-12H,7H2,1-6H3. The Hall–Kier alpha value is 0.310. The van der Waals surface area contributed by atoms with Crippen LogP contribution < -0.4 is 5.32 Å². The molecule has 80 valence electrons. The summed E-state index contributed by atoms with van der Waals surface area (Å²) in [5, 5.41) is 4.96. The number of hydrogen-bond donors (Lipinski definition) is 1. The molecule has 0 fully saturated rings. The number of hydrogen-bond acceptors (Lipinski definition) is 2. The molecule has 0 aromatic heterocycles. The smallest absolute Gasteiger partial charge is 0.0147 e. The van der Waals surface area contributed by atoms with Crippen molar-refractivity contribution in [1.29, 1.82) is 0 Å². The van der Waals surface area contributed by atoms with Gasteiger partial charge in [-0.15, -0.1) is 0 Å². The molecule has 0 saturated heterocycles. The minimum Gasteiger partial charge on any atom is -0.313 e. The largest absolute Gasteiger partial charge is 0.313 e. The predicted molar refractivity (Wildman–Crippen MR) is 64.5 cm³/mol. The fraction of sp³-hybridized carbons (Fsp3) is 1.00. The van der Waals surface area contributed by atoms with Crippen LogP contribution in [0.15, 0.2) is 0 Å². The Labute approximate surface area is 88.1 Å². The molecule has 0 spiro atoms. The van der Waals surface area contributed by atoms with Gasteiger partial charge in [0.2, 0.25) is 0 Å². The Morgan fingerprint density at radius 3 is 1.92 bits per heavy atom. The zero-order valence-corrected chi connectivity index (χ0v) is 10.7. The molecule has 1 nitrogen and oxygen atoms in total. The van der Waals surface area contributed by atoms with Crippen molar-refractivity contribution in [3.8, 4) is 0 Å². The van der Waals surface area contributed by atoms with Gasteiger partial charge in [-0.3, -0.25) is 0 Å². The Kier molecular flexibility index (Phi) is 6.88. The normalized spacial score (nSPS) is 16.6. The van der Waals surface area contributed by atoms with Crippen LogP contribution >= 0.6 is 11.8 Å². The molecular formula is C11H25NS. The first-order valence-corrected chi connectivity index (χ1v) is 6.26. The second-order valence-corrected chi connectivity index (χ2v) is 6.28. The van der Waals surface area contributed by atoms with Gasteiger partial charge in [0.15, 0.2) is 0 Å². The Morgan fingerprint density at radius 2 is 1.54 bits per heavy atom.